The number of anilines is 1. The molecule has 2 unspecified atom stereocenters. The van der Waals surface area contributed by atoms with Crippen LogP contribution in [-0.2, 0) is 20.8 Å². The Morgan fingerprint density at radius 2 is 1.89 bits per heavy atom. The molecule has 2 atom stereocenters. The fourth-order valence-corrected chi connectivity index (χ4v) is 2.79. The summed E-state index contributed by atoms with van der Waals surface area (Å²) >= 11 is 0.975. The molecule has 0 spiro atoms. The first-order valence-electron chi connectivity index (χ1n) is 5.62. The van der Waals surface area contributed by atoms with Crippen LogP contribution in [0, 0.1) is 5.92 Å². The van der Waals surface area contributed by atoms with Crippen LogP contribution in [0.25, 0.3) is 0 Å². The third-order valence-electron chi connectivity index (χ3n) is 2.58. The second-order valence-electron chi connectivity index (χ2n) is 4.24. The monoisotopic (exact) mass is 349 g/mol. The lowest BCUT2D eigenvalue weighted by molar-refractivity contribution is -0.142. The molecule has 0 heterocycles. The minimum Gasteiger partial charge on any atom is -0.467 e. The maximum atomic E-state index is 11.8. The van der Waals surface area contributed by atoms with E-state index in [1.54, 1.807) is 38.1 Å². The van der Waals surface area contributed by atoms with Crippen LogP contribution < -0.4 is 4.31 Å². The summed E-state index contributed by atoms with van der Waals surface area (Å²) in [7, 11) is 1.26. The predicted octanol–water partition coefficient (Wildman–Crippen LogP) is 2.59. The molecule has 0 fully saturated rings. The average Bonchev–Trinajstić information content (AvgIpc) is 2.35. The summed E-state index contributed by atoms with van der Waals surface area (Å²) in [6.45, 7) is 3.58. The molecule has 0 aliphatic rings. The van der Waals surface area contributed by atoms with E-state index >= 15 is 0 Å². The molecular weight excluding hydrogens is 334 g/mol. The normalized spacial score (nSPS) is 14.0. The fraction of sp³-hybridized carbons (Fsp3) is 0.417. The third kappa shape index (κ3) is 4.02. The molecule has 1 N–H and O–H groups in total. The number of methoxy groups -OCH3 is 1. The van der Waals surface area contributed by atoms with Crippen LogP contribution in [0.15, 0.2) is 28.7 Å². The highest BCUT2D eigenvalue weighted by atomic mass is 79.9. The maximum absolute atomic E-state index is 11.8. The summed E-state index contributed by atoms with van der Waals surface area (Å²) in [5.41, 5.74) is 0.480. The van der Waals surface area contributed by atoms with E-state index in [0.717, 1.165) is 8.78 Å². The Morgan fingerprint density at radius 3 is 2.26 bits per heavy atom. The molecule has 0 aliphatic carbocycles. The summed E-state index contributed by atoms with van der Waals surface area (Å²) < 4.78 is 27.7. The van der Waals surface area contributed by atoms with Gasteiger partial charge in [0.25, 0.3) is 11.3 Å². The maximum Gasteiger partial charge on any atom is 0.329 e. The molecule has 1 rings (SSSR count). The lowest BCUT2D eigenvalue weighted by Gasteiger charge is -2.30. The van der Waals surface area contributed by atoms with E-state index in [2.05, 4.69) is 15.9 Å². The van der Waals surface area contributed by atoms with Crippen LogP contribution in [0.2, 0.25) is 0 Å². The smallest absolute Gasteiger partial charge is 0.329 e. The molecule has 0 amide bonds. The topological polar surface area (TPSA) is 66.8 Å². The van der Waals surface area contributed by atoms with Gasteiger partial charge in [0.2, 0.25) is 0 Å². The molecule has 0 bridgehead atoms. The van der Waals surface area contributed by atoms with Crippen LogP contribution in [-0.4, -0.2) is 27.9 Å². The summed E-state index contributed by atoms with van der Waals surface area (Å²) in [5.74, 6) is -0.715. The van der Waals surface area contributed by atoms with Gasteiger partial charge in [-0.15, -0.1) is 0 Å². The SMILES string of the molecule is COC(=O)C(C(C)C)N(c1ccc(Br)cc1)S(=O)O. The van der Waals surface area contributed by atoms with E-state index in [9.17, 15) is 13.6 Å². The lowest BCUT2D eigenvalue weighted by atomic mass is 10.0. The number of benzene rings is 1. The first-order chi connectivity index (χ1) is 8.88. The first kappa shape index (κ1) is 16.1. The summed E-state index contributed by atoms with van der Waals surface area (Å²) in [6, 6.07) is 5.98. The number of hydrogen-bond acceptors (Lipinski definition) is 3. The number of rotatable bonds is 5. The quantitative estimate of drug-likeness (QED) is 0.655. The van der Waals surface area contributed by atoms with Gasteiger partial charge in [-0.1, -0.05) is 29.8 Å². The van der Waals surface area contributed by atoms with Crippen LogP contribution >= 0.6 is 15.9 Å². The number of halogens is 1. The van der Waals surface area contributed by atoms with Gasteiger partial charge in [-0.25, -0.2) is 9.00 Å². The number of ether oxygens (including phenoxy) is 1. The second kappa shape index (κ2) is 7.02. The zero-order valence-electron chi connectivity index (χ0n) is 10.9. The van der Waals surface area contributed by atoms with Crippen molar-refractivity contribution in [2.24, 2.45) is 5.92 Å². The Hall–Kier alpha value is -0.920. The Balaban J connectivity index is 3.21. The highest BCUT2D eigenvalue weighted by molar-refractivity contribution is 9.10. The minimum atomic E-state index is -2.32. The Bertz CT molecular complexity index is 463. The lowest BCUT2D eigenvalue weighted by Crippen LogP contribution is -2.46. The number of nitrogens with zero attached hydrogens (tertiary/aromatic N) is 1. The molecule has 0 radical (unpaired) electrons. The molecule has 0 saturated heterocycles. The van der Waals surface area contributed by atoms with Gasteiger partial charge in [0.1, 0.15) is 6.04 Å². The van der Waals surface area contributed by atoms with Gasteiger partial charge in [0, 0.05) is 4.47 Å². The molecule has 5 nitrogen and oxygen atoms in total. The predicted molar refractivity (Wildman–Crippen MR) is 78.0 cm³/mol. The molecule has 1 aromatic rings. The summed E-state index contributed by atoms with van der Waals surface area (Å²) in [6.07, 6.45) is 0. The number of carbonyl (C=O) groups is 1. The summed E-state index contributed by atoms with van der Waals surface area (Å²) in [5, 5.41) is 0. The molecular formula is C12H16BrNO4S. The molecule has 0 saturated carbocycles. The second-order valence-corrected chi connectivity index (χ2v) is 6.02. The van der Waals surface area contributed by atoms with Gasteiger partial charge >= 0.3 is 5.97 Å². The first-order valence-corrected chi connectivity index (χ1v) is 7.47. The highest BCUT2D eigenvalue weighted by Gasteiger charge is 2.33. The Labute approximate surface area is 123 Å². The number of hydrogen-bond donors (Lipinski definition) is 1. The molecule has 106 valence electrons. The van der Waals surface area contributed by atoms with E-state index in [4.69, 9.17) is 4.74 Å². The molecule has 19 heavy (non-hydrogen) atoms. The summed E-state index contributed by atoms with van der Waals surface area (Å²) in [4.78, 5) is 11.8. The van der Waals surface area contributed by atoms with Gasteiger partial charge in [0.15, 0.2) is 0 Å². The van der Waals surface area contributed by atoms with E-state index in [1.165, 1.54) is 7.11 Å². The van der Waals surface area contributed by atoms with Crippen molar-refractivity contribution in [3.05, 3.63) is 28.7 Å². The van der Waals surface area contributed by atoms with E-state index in [0.29, 0.717) is 5.69 Å². The van der Waals surface area contributed by atoms with Gasteiger partial charge in [0.05, 0.1) is 12.8 Å². The molecule has 0 aromatic heterocycles. The van der Waals surface area contributed by atoms with Crippen LogP contribution in [0.5, 0.6) is 0 Å². The highest BCUT2D eigenvalue weighted by Crippen LogP contribution is 2.25. The zero-order valence-corrected chi connectivity index (χ0v) is 13.3. The average molecular weight is 350 g/mol. The van der Waals surface area contributed by atoms with Crippen LogP contribution in [0.3, 0.4) is 0 Å². The van der Waals surface area contributed by atoms with E-state index in [-0.39, 0.29) is 5.92 Å². The van der Waals surface area contributed by atoms with Crippen molar-refractivity contribution in [1.82, 2.24) is 0 Å². The van der Waals surface area contributed by atoms with Crippen molar-refractivity contribution in [2.75, 3.05) is 11.4 Å². The largest absolute Gasteiger partial charge is 0.467 e. The van der Waals surface area contributed by atoms with Crippen molar-refractivity contribution in [3.8, 4) is 0 Å². The van der Waals surface area contributed by atoms with Crippen molar-refractivity contribution < 1.29 is 18.3 Å². The van der Waals surface area contributed by atoms with Gasteiger partial charge in [-0.05, 0) is 30.2 Å². The van der Waals surface area contributed by atoms with Crippen molar-refractivity contribution in [1.29, 1.82) is 0 Å². The number of esters is 1. The zero-order chi connectivity index (χ0) is 14.6. The Kier molecular flexibility index (Phi) is 5.96. The molecule has 7 heteroatoms. The van der Waals surface area contributed by atoms with Crippen LogP contribution in [0.4, 0.5) is 5.69 Å². The van der Waals surface area contributed by atoms with Crippen LogP contribution in [0.1, 0.15) is 13.8 Å². The van der Waals surface area contributed by atoms with E-state index < -0.39 is 23.3 Å². The van der Waals surface area contributed by atoms with Gasteiger partial charge < -0.3 is 4.74 Å². The van der Waals surface area contributed by atoms with Gasteiger partial charge in [-0.2, -0.15) is 0 Å². The Morgan fingerprint density at radius 1 is 1.37 bits per heavy atom. The standard InChI is InChI=1S/C12H16BrNO4S/c1-8(2)11(12(15)18-3)14(19(16)17)10-6-4-9(13)5-7-10/h4-8,11H,1-3H3,(H,16,17). The fourth-order valence-electron chi connectivity index (χ4n) is 1.70. The molecule has 0 aliphatic heterocycles. The van der Waals surface area contributed by atoms with Crippen molar-refractivity contribution in [3.63, 3.8) is 0 Å². The van der Waals surface area contributed by atoms with Crippen molar-refractivity contribution in [2.45, 2.75) is 19.9 Å². The third-order valence-corrected chi connectivity index (χ3v) is 3.88. The van der Waals surface area contributed by atoms with Gasteiger partial charge in [-0.3, -0.25) is 8.86 Å². The molecule has 1 aromatic carbocycles. The number of carbonyl (C=O) groups excluding carboxylic acids is 1. The minimum absolute atomic E-state index is 0.174. The van der Waals surface area contributed by atoms with E-state index in [1.807, 2.05) is 0 Å². The van der Waals surface area contributed by atoms with Crippen molar-refractivity contribution >= 4 is 38.9 Å².